The Balaban J connectivity index is 2.10. The lowest BCUT2D eigenvalue weighted by molar-refractivity contribution is 0.137. The van der Waals surface area contributed by atoms with Crippen molar-refractivity contribution < 1.29 is 0 Å². The number of rotatable bonds is 5. The van der Waals surface area contributed by atoms with Crippen molar-refractivity contribution in [1.82, 2.24) is 10.2 Å². The Morgan fingerprint density at radius 2 is 1.88 bits per heavy atom. The average molecular weight is 232 g/mol. The zero-order chi connectivity index (χ0) is 12.3. The second kappa shape index (κ2) is 5.65. The molecule has 17 heavy (non-hydrogen) atoms. The van der Waals surface area contributed by atoms with Crippen LogP contribution >= 0.6 is 0 Å². The molecule has 0 radical (unpaired) electrons. The second-order valence-electron chi connectivity index (χ2n) is 5.15. The first-order chi connectivity index (χ1) is 8.22. The summed E-state index contributed by atoms with van der Waals surface area (Å²) in [6.45, 7) is 11.4. The number of nitrogens with one attached hydrogen (secondary N) is 1. The van der Waals surface area contributed by atoms with Gasteiger partial charge in [0.2, 0.25) is 0 Å². The molecule has 0 atom stereocenters. The molecule has 0 amide bonds. The smallest absolute Gasteiger partial charge is 0.0348 e. The first-order valence-electron chi connectivity index (χ1n) is 6.72. The van der Waals surface area contributed by atoms with Crippen molar-refractivity contribution in [3.63, 3.8) is 0 Å². The Morgan fingerprint density at radius 1 is 1.24 bits per heavy atom. The molecule has 0 aromatic heterocycles. The molecule has 2 nitrogen and oxygen atoms in total. The summed E-state index contributed by atoms with van der Waals surface area (Å²) < 4.78 is 0. The van der Waals surface area contributed by atoms with Crippen LogP contribution in [0.4, 0.5) is 0 Å². The number of benzene rings is 1. The van der Waals surface area contributed by atoms with Gasteiger partial charge in [0.05, 0.1) is 0 Å². The quantitative estimate of drug-likeness (QED) is 0.839. The predicted molar refractivity (Wildman–Crippen MR) is 73.3 cm³/mol. The van der Waals surface area contributed by atoms with E-state index in [1.807, 2.05) is 0 Å². The third-order valence-corrected chi connectivity index (χ3v) is 3.79. The van der Waals surface area contributed by atoms with Gasteiger partial charge >= 0.3 is 0 Å². The van der Waals surface area contributed by atoms with Crippen molar-refractivity contribution in [3.05, 3.63) is 34.9 Å². The molecule has 0 unspecified atom stereocenters. The van der Waals surface area contributed by atoms with Crippen molar-refractivity contribution in [1.29, 1.82) is 0 Å². The third kappa shape index (κ3) is 2.88. The fourth-order valence-corrected chi connectivity index (χ4v) is 2.51. The lowest BCUT2D eigenvalue weighted by Crippen LogP contribution is -2.57. The van der Waals surface area contributed by atoms with Crippen LogP contribution in [-0.4, -0.2) is 30.6 Å². The summed E-state index contributed by atoms with van der Waals surface area (Å²) in [7, 11) is 0. The van der Waals surface area contributed by atoms with E-state index in [0.29, 0.717) is 0 Å². The molecule has 1 aliphatic heterocycles. The van der Waals surface area contributed by atoms with Gasteiger partial charge in [-0.1, -0.05) is 25.1 Å². The molecule has 0 spiro atoms. The molecular weight excluding hydrogens is 208 g/mol. The zero-order valence-electron chi connectivity index (χ0n) is 11.3. The third-order valence-electron chi connectivity index (χ3n) is 3.79. The summed E-state index contributed by atoms with van der Waals surface area (Å²) in [5.74, 6) is 0. The maximum atomic E-state index is 3.37. The molecule has 2 rings (SSSR count). The minimum absolute atomic E-state index is 0.744. The average Bonchev–Trinajstić information content (AvgIpc) is 2.21. The van der Waals surface area contributed by atoms with Crippen LogP contribution in [0.2, 0.25) is 0 Å². The first-order valence-corrected chi connectivity index (χ1v) is 6.72. The molecule has 1 aromatic rings. The molecule has 2 heteroatoms. The normalized spacial score (nSPS) is 16.2. The number of hydrogen-bond donors (Lipinski definition) is 1. The Hall–Kier alpha value is -0.860. The second-order valence-corrected chi connectivity index (χ2v) is 5.15. The van der Waals surface area contributed by atoms with E-state index in [0.717, 1.165) is 25.7 Å². The summed E-state index contributed by atoms with van der Waals surface area (Å²) in [5.41, 5.74) is 4.38. The predicted octanol–water partition coefficient (Wildman–Crippen LogP) is 2.49. The van der Waals surface area contributed by atoms with E-state index in [2.05, 4.69) is 49.2 Å². The molecular formula is C15H24N2. The summed E-state index contributed by atoms with van der Waals surface area (Å²) in [6.07, 6.45) is 1.24. The van der Waals surface area contributed by atoms with Crippen LogP contribution in [0, 0.1) is 13.8 Å². The molecule has 1 heterocycles. The van der Waals surface area contributed by atoms with Crippen molar-refractivity contribution in [3.8, 4) is 0 Å². The number of aryl methyl sites for hydroxylation is 2. The lowest BCUT2D eigenvalue weighted by atomic mass is 10.0. The van der Waals surface area contributed by atoms with Gasteiger partial charge in [0.15, 0.2) is 0 Å². The van der Waals surface area contributed by atoms with Crippen LogP contribution in [-0.2, 0) is 6.54 Å². The molecule has 1 aromatic carbocycles. The van der Waals surface area contributed by atoms with Gasteiger partial charge in [-0.05, 0) is 43.5 Å². The Labute approximate surface area is 105 Å². The van der Waals surface area contributed by atoms with E-state index in [4.69, 9.17) is 0 Å². The van der Waals surface area contributed by atoms with Gasteiger partial charge in [0.1, 0.15) is 0 Å². The molecule has 1 aliphatic rings. The highest BCUT2D eigenvalue weighted by atomic mass is 15.2. The Kier molecular flexibility index (Phi) is 4.19. The highest BCUT2D eigenvalue weighted by molar-refractivity contribution is 5.33. The topological polar surface area (TPSA) is 15.3 Å². The summed E-state index contributed by atoms with van der Waals surface area (Å²) in [5, 5.41) is 3.37. The van der Waals surface area contributed by atoms with Crippen LogP contribution in [0.3, 0.4) is 0 Å². The molecule has 0 bridgehead atoms. The van der Waals surface area contributed by atoms with Crippen molar-refractivity contribution >= 4 is 0 Å². The van der Waals surface area contributed by atoms with Gasteiger partial charge in [-0.3, -0.25) is 4.90 Å². The maximum Gasteiger partial charge on any atom is 0.0348 e. The molecule has 1 saturated heterocycles. The minimum atomic E-state index is 0.744. The van der Waals surface area contributed by atoms with Crippen LogP contribution in [0.25, 0.3) is 0 Å². The van der Waals surface area contributed by atoms with Gasteiger partial charge in [-0.25, -0.2) is 0 Å². The van der Waals surface area contributed by atoms with Gasteiger partial charge in [0, 0.05) is 25.7 Å². The fraction of sp³-hybridized carbons (Fsp3) is 0.600. The van der Waals surface area contributed by atoms with E-state index in [9.17, 15) is 0 Å². The first kappa shape index (κ1) is 12.6. The van der Waals surface area contributed by atoms with Crippen LogP contribution in [0.1, 0.15) is 30.0 Å². The zero-order valence-corrected chi connectivity index (χ0v) is 11.3. The number of hydrogen-bond acceptors (Lipinski definition) is 2. The SMILES string of the molecule is CCCN(Cc1c(C)cccc1C)C1CNC1. The summed E-state index contributed by atoms with van der Waals surface area (Å²) in [4.78, 5) is 2.63. The summed E-state index contributed by atoms with van der Waals surface area (Å²) in [6, 6.07) is 7.36. The number of nitrogens with zero attached hydrogens (tertiary/aromatic N) is 1. The van der Waals surface area contributed by atoms with Gasteiger partial charge < -0.3 is 5.32 Å². The van der Waals surface area contributed by atoms with Gasteiger partial charge in [-0.2, -0.15) is 0 Å². The Morgan fingerprint density at radius 3 is 2.35 bits per heavy atom. The van der Waals surface area contributed by atoms with E-state index >= 15 is 0 Å². The molecule has 1 N–H and O–H groups in total. The van der Waals surface area contributed by atoms with E-state index in [-0.39, 0.29) is 0 Å². The Bertz CT molecular complexity index is 349. The van der Waals surface area contributed by atoms with Crippen LogP contribution in [0.15, 0.2) is 18.2 Å². The molecule has 1 fully saturated rings. The van der Waals surface area contributed by atoms with Gasteiger partial charge in [0.25, 0.3) is 0 Å². The highest BCUT2D eigenvalue weighted by Crippen LogP contribution is 2.18. The molecule has 0 aliphatic carbocycles. The van der Waals surface area contributed by atoms with Gasteiger partial charge in [-0.15, -0.1) is 0 Å². The summed E-state index contributed by atoms with van der Waals surface area (Å²) >= 11 is 0. The van der Waals surface area contributed by atoms with E-state index in [1.165, 1.54) is 29.7 Å². The van der Waals surface area contributed by atoms with Crippen molar-refractivity contribution in [2.45, 2.75) is 39.8 Å². The highest BCUT2D eigenvalue weighted by Gasteiger charge is 2.24. The van der Waals surface area contributed by atoms with E-state index < -0.39 is 0 Å². The van der Waals surface area contributed by atoms with Crippen molar-refractivity contribution in [2.75, 3.05) is 19.6 Å². The van der Waals surface area contributed by atoms with Crippen molar-refractivity contribution in [2.24, 2.45) is 0 Å². The largest absolute Gasteiger partial charge is 0.314 e. The van der Waals surface area contributed by atoms with E-state index in [1.54, 1.807) is 0 Å². The fourth-order valence-electron chi connectivity index (χ4n) is 2.51. The maximum absolute atomic E-state index is 3.37. The standard InChI is InChI=1S/C15H24N2/c1-4-8-17(14-9-16-10-14)11-15-12(2)6-5-7-13(15)3/h5-7,14,16H,4,8-11H2,1-3H3. The molecule has 0 saturated carbocycles. The minimum Gasteiger partial charge on any atom is -0.314 e. The lowest BCUT2D eigenvalue weighted by Gasteiger charge is -2.38. The van der Waals surface area contributed by atoms with Crippen LogP contribution < -0.4 is 5.32 Å². The molecule has 94 valence electrons. The van der Waals surface area contributed by atoms with Crippen LogP contribution in [0.5, 0.6) is 0 Å². The monoisotopic (exact) mass is 232 g/mol.